The van der Waals surface area contributed by atoms with E-state index < -0.39 is 0 Å². The van der Waals surface area contributed by atoms with Crippen molar-refractivity contribution in [2.45, 2.75) is 33.2 Å². The van der Waals surface area contributed by atoms with E-state index in [-0.39, 0.29) is 11.2 Å². The molecule has 0 aromatic carbocycles. The SMILES string of the molecule is CCn1ncc(Br)c1C(=O)C1(C)CCCNC1. The van der Waals surface area contributed by atoms with Gasteiger partial charge in [0.15, 0.2) is 5.78 Å². The topological polar surface area (TPSA) is 46.9 Å². The van der Waals surface area contributed by atoms with E-state index in [1.54, 1.807) is 10.9 Å². The van der Waals surface area contributed by atoms with Gasteiger partial charge in [-0.05, 0) is 42.2 Å². The number of Topliss-reactive ketones (excluding diaryl/α,β-unsaturated/α-hetero) is 1. The number of rotatable bonds is 3. The molecule has 0 bridgehead atoms. The molecule has 17 heavy (non-hydrogen) atoms. The molecule has 1 unspecified atom stereocenters. The minimum atomic E-state index is -0.298. The zero-order chi connectivity index (χ0) is 12.5. The van der Waals surface area contributed by atoms with Crippen LogP contribution in [-0.2, 0) is 6.54 Å². The largest absolute Gasteiger partial charge is 0.316 e. The Morgan fingerprint density at radius 1 is 1.71 bits per heavy atom. The normalized spacial score (nSPS) is 24.9. The molecule has 0 spiro atoms. The average Bonchev–Trinajstić information content (AvgIpc) is 2.70. The summed E-state index contributed by atoms with van der Waals surface area (Å²) >= 11 is 3.42. The standard InChI is InChI=1S/C12H18BrN3O/c1-3-16-10(9(13)7-15-16)11(17)12(2)5-4-6-14-8-12/h7,14H,3-6,8H2,1-2H3. The molecule has 0 aliphatic carbocycles. The lowest BCUT2D eigenvalue weighted by Crippen LogP contribution is -2.44. The maximum absolute atomic E-state index is 12.7. The Bertz CT molecular complexity index is 421. The zero-order valence-corrected chi connectivity index (χ0v) is 11.9. The van der Waals surface area contributed by atoms with E-state index in [4.69, 9.17) is 0 Å². The number of ketones is 1. The number of nitrogens with one attached hydrogen (secondary N) is 1. The van der Waals surface area contributed by atoms with Gasteiger partial charge in [-0.15, -0.1) is 0 Å². The molecule has 1 aromatic heterocycles. The molecule has 0 saturated carbocycles. The van der Waals surface area contributed by atoms with Crippen LogP contribution in [0.1, 0.15) is 37.2 Å². The van der Waals surface area contributed by atoms with E-state index in [9.17, 15) is 4.79 Å². The van der Waals surface area contributed by atoms with Gasteiger partial charge in [0.1, 0.15) is 5.69 Å². The van der Waals surface area contributed by atoms with Crippen molar-refractivity contribution >= 4 is 21.7 Å². The number of halogens is 1. The van der Waals surface area contributed by atoms with E-state index in [1.807, 2.05) is 13.8 Å². The van der Waals surface area contributed by atoms with Crippen LogP contribution < -0.4 is 5.32 Å². The molecule has 1 aliphatic rings. The van der Waals surface area contributed by atoms with Crippen molar-refractivity contribution in [2.75, 3.05) is 13.1 Å². The second kappa shape index (κ2) is 4.90. The lowest BCUT2D eigenvalue weighted by molar-refractivity contribution is 0.0760. The monoisotopic (exact) mass is 299 g/mol. The number of hydrogen-bond acceptors (Lipinski definition) is 3. The van der Waals surface area contributed by atoms with Gasteiger partial charge in [-0.1, -0.05) is 6.92 Å². The predicted molar refractivity (Wildman–Crippen MR) is 70.1 cm³/mol. The molecule has 5 heteroatoms. The molecule has 1 atom stereocenters. The van der Waals surface area contributed by atoms with Crippen LogP contribution in [0, 0.1) is 5.41 Å². The highest BCUT2D eigenvalue weighted by atomic mass is 79.9. The van der Waals surface area contributed by atoms with E-state index >= 15 is 0 Å². The molecule has 4 nitrogen and oxygen atoms in total. The Labute approximate surface area is 110 Å². The fraction of sp³-hybridized carbons (Fsp3) is 0.667. The highest BCUT2D eigenvalue weighted by molar-refractivity contribution is 9.10. The Morgan fingerprint density at radius 2 is 2.47 bits per heavy atom. The molecule has 1 N–H and O–H groups in total. The van der Waals surface area contributed by atoms with E-state index in [2.05, 4.69) is 26.3 Å². The summed E-state index contributed by atoms with van der Waals surface area (Å²) in [7, 11) is 0. The number of carbonyl (C=O) groups excluding carboxylic acids is 1. The number of aromatic nitrogens is 2. The molecule has 2 rings (SSSR count). The Kier molecular flexibility index (Phi) is 3.68. The summed E-state index contributed by atoms with van der Waals surface area (Å²) in [6, 6.07) is 0. The lowest BCUT2D eigenvalue weighted by Gasteiger charge is -2.32. The van der Waals surface area contributed by atoms with Gasteiger partial charge in [0.2, 0.25) is 0 Å². The third-order valence-electron chi connectivity index (χ3n) is 3.45. The first-order chi connectivity index (χ1) is 8.08. The van der Waals surface area contributed by atoms with Crippen LogP contribution in [0.25, 0.3) is 0 Å². The van der Waals surface area contributed by atoms with Gasteiger partial charge in [0.05, 0.1) is 10.7 Å². The first-order valence-electron chi connectivity index (χ1n) is 6.05. The van der Waals surface area contributed by atoms with Crippen LogP contribution in [0.3, 0.4) is 0 Å². The number of piperidine rings is 1. The molecular formula is C12H18BrN3O. The third kappa shape index (κ3) is 2.31. The second-order valence-corrected chi connectivity index (χ2v) is 5.68. The summed E-state index contributed by atoms with van der Waals surface area (Å²) in [6.45, 7) is 6.53. The Hall–Kier alpha value is -0.680. The molecule has 2 heterocycles. The first-order valence-corrected chi connectivity index (χ1v) is 6.84. The fourth-order valence-corrected chi connectivity index (χ4v) is 2.84. The summed E-state index contributed by atoms with van der Waals surface area (Å²) in [4.78, 5) is 12.7. The molecule has 1 saturated heterocycles. The molecule has 1 aromatic rings. The minimum Gasteiger partial charge on any atom is -0.316 e. The van der Waals surface area contributed by atoms with E-state index in [0.717, 1.165) is 36.9 Å². The zero-order valence-electron chi connectivity index (χ0n) is 10.3. The van der Waals surface area contributed by atoms with Crippen LogP contribution in [0.2, 0.25) is 0 Å². The van der Waals surface area contributed by atoms with Crippen molar-refractivity contribution in [1.82, 2.24) is 15.1 Å². The van der Waals surface area contributed by atoms with Crippen LogP contribution >= 0.6 is 15.9 Å². The third-order valence-corrected chi connectivity index (χ3v) is 4.04. The van der Waals surface area contributed by atoms with Crippen LogP contribution in [0.4, 0.5) is 0 Å². The van der Waals surface area contributed by atoms with Crippen molar-refractivity contribution < 1.29 is 4.79 Å². The highest BCUT2D eigenvalue weighted by Crippen LogP contribution is 2.32. The van der Waals surface area contributed by atoms with Gasteiger partial charge < -0.3 is 5.32 Å². The number of aryl methyl sites for hydroxylation is 1. The van der Waals surface area contributed by atoms with Crippen LogP contribution in [-0.4, -0.2) is 28.7 Å². The summed E-state index contributed by atoms with van der Waals surface area (Å²) in [5.74, 6) is 0.191. The Morgan fingerprint density at radius 3 is 3.06 bits per heavy atom. The van der Waals surface area contributed by atoms with Crippen molar-refractivity contribution in [2.24, 2.45) is 5.41 Å². The molecule has 1 aliphatic heterocycles. The molecular weight excluding hydrogens is 282 g/mol. The average molecular weight is 300 g/mol. The highest BCUT2D eigenvalue weighted by Gasteiger charge is 2.37. The summed E-state index contributed by atoms with van der Waals surface area (Å²) in [5, 5.41) is 7.52. The van der Waals surface area contributed by atoms with E-state index in [0.29, 0.717) is 5.69 Å². The number of hydrogen-bond donors (Lipinski definition) is 1. The summed E-state index contributed by atoms with van der Waals surface area (Å²) in [6.07, 6.45) is 3.70. The Balaban J connectivity index is 2.32. The maximum atomic E-state index is 12.7. The van der Waals surface area contributed by atoms with Gasteiger partial charge in [-0.25, -0.2) is 0 Å². The maximum Gasteiger partial charge on any atom is 0.189 e. The van der Waals surface area contributed by atoms with Gasteiger partial charge in [0.25, 0.3) is 0 Å². The van der Waals surface area contributed by atoms with Gasteiger partial charge in [0, 0.05) is 18.5 Å². The molecule has 1 fully saturated rings. The number of nitrogens with zero attached hydrogens (tertiary/aromatic N) is 2. The predicted octanol–water partition coefficient (Wildman–Crippen LogP) is 2.24. The quantitative estimate of drug-likeness (QED) is 0.871. The molecule has 94 valence electrons. The minimum absolute atomic E-state index is 0.191. The van der Waals surface area contributed by atoms with Crippen molar-refractivity contribution in [3.05, 3.63) is 16.4 Å². The summed E-state index contributed by atoms with van der Waals surface area (Å²) in [5.41, 5.74) is 0.409. The lowest BCUT2D eigenvalue weighted by atomic mass is 9.78. The van der Waals surface area contributed by atoms with Gasteiger partial charge in [-0.3, -0.25) is 9.48 Å². The van der Waals surface area contributed by atoms with Gasteiger partial charge in [-0.2, -0.15) is 5.10 Å². The second-order valence-electron chi connectivity index (χ2n) is 4.83. The first kappa shape index (κ1) is 12.8. The smallest absolute Gasteiger partial charge is 0.189 e. The summed E-state index contributed by atoms with van der Waals surface area (Å²) < 4.78 is 2.57. The van der Waals surface area contributed by atoms with E-state index in [1.165, 1.54) is 0 Å². The molecule has 0 radical (unpaired) electrons. The fourth-order valence-electron chi connectivity index (χ4n) is 2.36. The molecule has 0 amide bonds. The van der Waals surface area contributed by atoms with Crippen LogP contribution in [0.15, 0.2) is 10.7 Å². The van der Waals surface area contributed by atoms with Crippen molar-refractivity contribution in [3.63, 3.8) is 0 Å². The number of carbonyl (C=O) groups is 1. The van der Waals surface area contributed by atoms with Crippen LogP contribution in [0.5, 0.6) is 0 Å². The van der Waals surface area contributed by atoms with Crippen molar-refractivity contribution in [1.29, 1.82) is 0 Å². The van der Waals surface area contributed by atoms with Gasteiger partial charge >= 0.3 is 0 Å². The van der Waals surface area contributed by atoms with Crippen molar-refractivity contribution in [3.8, 4) is 0 Å².